The zero-order chi connectivity index (χ0) is 13.0. The molecule has 1 aliphatic rings. The van der Waals surface area contributed by atoms with Crippen LogP contribution in [0, 0.1) is 0 Å². The summed E-state index contributed by atoms with van der Waals surface area (Å²) in [6.45, 7) is 2.00. The van der Waals surface area contributed by atoms with Gasteiger partial charge in [0.1, 0.15) is 0 Å². The van der Waals surface area contributed by atoms with Gasteiger partial charge in [-0.25, -0.2) is 0 Å². The number of amides is 1. The van der Waals surface area contributed by atoms with Crippen molar-refractivity contribution in [3.63, 3.8) is 0 Å². The fourth-order valence-electron chi connectivity index (χ4n) is 2.28. The Balaban J connectivity index is 2.05. The van der Waals surface area contributed by atoms with E-state index in [1.807, 2.05) is 6.07 Å². The molecule has 0 aliphatic heterocycles. The maximum absolute atomic E-state index is 11.9. The van der Waals surface area contributed by atoms with Crippen LogP contribution in [-0.2, 0) is 12.8 Å². The van der Waals surface area contributed by atoms with E-state index >= 15 is 0 Å². The van der Waals surface area contributed by atoms with E-state index in [0.717, 1.165) is 17.7 Å². The van der Waals surface area contributed by atoms with Gasteiger partial charge in [-0.2, -0.15) is 0 Å². The van der Waals surface area contributed by atoms with Gasteiger partial charge in [0.25, 0.3) is 5.91 Å². The molecular formula is C14H21NO2S. The maximum atomic E-state index is 11.9. The Kier molecular flexibility index (Phi) is 4.78. The van der Waals surface area contributed by atoms with E-state index < -0.39 is 6.10 Å². The second kappa shape index (κ2) is 6.34. The van der Waals surface area contributed by atoms with Gasteiger partial charge >= 0.3 is 0 Å². The van der Waals surface area contributed by atoms with Gasteiger partial charge in [0.15, 0.2) is 0 Å². The maximum Gasteiger partial charge on any atom is 0.261 e. The van der Waals surface area contributed by atoms with Gasteiger partial charge in [0.05, 0.1) is 11.0 Å². The smallest absolute Gasteiger partial charge is 0.261 e. The van der Waals surface area contributed by atoms with Gasteiger partial charge in [0.2, 0.25) is 0 Å². The molecule has 2 N–H and O–H groups in total. The summed E-state index contributed by atoms with van der Waals surface area (Å²) in [6, 6.07) is 2.04. The van der Waals surface area contributed by atoms with Crippen molar-refractivity contribution in [2.45, 2.75) is 51.6 Å². The van der Waals surface area contributed by atoms with Crippen molar-refractivity contribution in [2.24, 2.45) is 0 Å². The van der Waals surface area contributed by atoms with E-state index in [-0.39, 0.29) is 5.91 Å². The molecule has 1 atom stereocenters. The molecule has 0 bridgehead atoms. The number of nitrogens with one attached hydrogen (secondary N) is 1. The lowest BCUT2D eigenvalue weighted by Crippen LogP contribution is -2.29. The molecule has 18 heavy (non-hydrogen) atoms. The zero-order valence-electron chi connectivity index (χ0n) is 10.9. The van der Waals surface area contributed by atoms with E-state index in [4.69, 9.17) is 0 Å². The first-order chi connectivity index (χ1) is 8.66. The van der Waals surface area contributed by atoms with E-state index in [1.54, 1.807) is 18.3 Å². The third kappa shape index (κ3) is 3.56. The average Bonchev–Trinajstić information content (AvgIpc) is 2.68. The van der Waals surface area contributed by atoms with Crippen molar-refractivity contribution in [3.05, 3.63) is 21.4 Å². The van der Waals surface area contributed by atoms with Crippen LogP contribution < -0.4 is 5.32 Å². The van der Waals surface area contributed by atoms with E-state index in [1.165, 1.54) is 36.1 Å². The minimum atomic E-state index is -0.491. The average molecular weight is 267 g/mol. The molecule has 0 radical (unpaired) electrons. The van der Waals surface area contributed by atoms with Crippen molar-refractivity contribution >= 4 is 17.2 Å². The number of aryl methyl sites for hydroxylation is 2. The van der Waals surface area contributed by atoms with Crippen molar-refractivity contribution < 1.29 is 9.90 Å². The molecule has 2 rings (SSSR count). The normalized spacial score (nSPS) is 17.4. The highest BCUT2D eigenvalue weighted by Gasteiger charge is 2.15. The van der Waals surface area contributed by atoms with Crippen LogP contribution in [0.15, 0.2) is 6.07 Å². The van der Waals surface area contributed by atoms with Gasteiger partial charge in [-0.05, 0) is 44.2 Å². The topological polar surface area (TPSA) is 49.3 Å². The Labute approximate surface area is 112 Å². The summed E-state index contributed by atoms with van der Waals surface area (Å²) < 4.78 is 0. The minimum Gasteiger partial charge on any atom is -0.392 e. The van der Waals surface area contributed by atoms with Crippen LogP contribution in [0.25, 0.3) is 0 Å². The van der Waals surface area contributed by atoms with Crippen LogP contribution in [0.5, 0.6) is 0 Å². The zero-order valence-corrected chi connectivity index (χ0v) is 11.7. The molecule has 0 aromatic carbocycles. The van der Waals surface area contributed by atoms with Crippen molar-refractivity contribution in [1.82, 2.24) is 5.32 Å². The molecule has 0 unspecified atom stereocenters. The van der Waals surface area contributed by atoms with Gasteiger partial charge in [0, 0.05) is 11.4 Å². The Bertz CT molecular complexity index is 386. The molecular weight excluding hydrogens is 246 g/mol. The number of carbonyl (C=O) groups excluding carboxylic acids is 1. The Morgan fingerprint density at radius 1 is 1.39 bits per heavy atom. The molecule has 4 heteroatoms. The monoisotopic (exact) mass is 267 g/mol. The third-order valence-corrected chi connectivity index (χ3v) is 4.51. The summed E-state index contributed by atoms with van der Waals surface area (Å²) in [5, 5.41) is 11.9. The predicted octanol–water partition coefficient (Wildman–Crippen LogP) is 2.52. The second-order valence-corrected chi connectivity index (χ2v) is 6.17. The highest BCUT2D eigenvalue weighted by Crippen LogP contribution is 2.28. The molecule has 100 valence electrons. The second-order valence-electron chi connectivity index (χ2n) is 5.03. The summed E-state index contributed by atoms with van der Waals surface area (Å²) in [7, 11) is 0. The van der Waals surface area contributed by atoms with Crippen LogP contribution in [0.3, 0.4) is 0 Å². The lowest BCUT2D eigenvalue weighted by molar-refractivity contribution is 0.0928. The first-order valence-corrected chi connectivity index (χ1v) is 7.56. The number of thiophene rings is 1. The molecule has 1 aromatic heterocycles. The van der Waals surface area contributed by atoms with Crippen LogP contribution in [-0.4, -0.2) is 23.7 Å². The molecule has 1 aromatic rings. The third-order valence-electron chi connectivity index (χ3n) is 3.28. The Morgan fingerprint density at radius 2 is 2.11 bits per heavy atom. The molecule has 0 spiro atoms. The minimum absolute atomic E-state index is 0.0485. The van der Waals surface area contributed by atoms with Crippen LogP contribution in [0.4, 0.5) is 0 Å². The quantitative estimate of drug-likeness (QED) is 0.884. The summed E-state index contributed by atoms with van der Waals surface area (Å²) in [6.07, 6.45) is 6.81. The van der Waals surface area contributed by atoms with Gasteiger partial charge < -0.3 is 10.4 Å². The van der Waals surface area contributed by atoms with Crippen molar-refractivity contribution in [1.29, 1.82) is 0 Å². The van der Waals surface area contributed by atoms with E-state index in [2.05, 4.69) is 5.32 Å². The van der Waals surface area contributed by atoms with Crippen molar-refractivity contribution in [2.75, 3.05) is 6.54 Å². The predicted molar refractivity (Wildman–Crippen MR) is 74.2 cm³/mol. The number of aliphatic hydroxyl groups excluding tert-OH is 1. The summed E-state index contributed by atoms with van der Waals surface area (Å²) in [5.41, 5.74) is 1.36. The molecule has 0 saturated carbocycles. The van der Waals surface area contributed by atoms with Crippen LogP contribution in [0.2, 0.25) is 0 Å². The Morgan fingerprint density at radius 3 is 2.83 bits per heavy atom. The first-order valence-electron chi connectivity index (χ1n) is 6.74. The number of hydrogen-bond donors (Lipinski definition) is 2. The molecule has 0 saturated heterocycles. The number of fused-ring (bicyclic) bond motifs is 1. The SMILES string of the molecule is C[C@@H](O)CNC(=O)c1cc2c(s1)CCCCCC2. The number of carbonyl (C=O) groups is 1. The highest BCUT2D eigenvalue weighted by molar-refractivity contribution is 7.14. The first kappa shape index (κ1) is 13.6. The van der Waals surface area contributed by atoms with Crippen molar-refractivity contribution in [3.8, 4) is 0 Å². The molecule has 3 nitrogen and oxygen atoms in total. The van der Waals surface area contributed by atoms with Gasteiger partial charge in [-0.3, -0.25) is 4.79 Å². The van der Waals surface area contributed by atoms with Crippen LogP contribution >= 0.6 is 11.3 Å². The Hall–Kier alpha value is -0.870. The summed E-state index contributed by atoms with van der Waals surface area (Å²) in [4.78, 5) is 14.1. The molecule has 1 aliphatic carbocycles. The fraction of sp³-hybridized carbons (Fsp3) is 0.643. The standard InChI is InChI=1S/C14H21NO2S/c1-10(16)9-15-14(17)13-8-11-6-4-2-3-5-7-12(11)18-13/h8,10,16H,2-7,9H2,1H3,(H,15,17)/t10-/m1/s1. The van der Waals surface area contributed by atoms with E-state index in [0.29, 0.717) is 6.54 Å². The summed E-state index contributed by atoms with van der Waals surface area (Å²) in [5.74, 6) is -0.0485. The molecule has 1 amide bonds. The van der Waals surface area contributed by atoms with Gasteiger partial charge in [-0.15, -0.1) is 11.3 Å². The highest BCUT2D eigenvalue weighted by atomic mass is 32.1. The molecule has 1 heterocycles. The van der Waals surface area contributed by atoms with Gasteiger partial charge in [-0.1, -0.05) is 12.8 Å². The van der Waals surface area contributed by atoms with E-state index in [9.17, 15) is 9.90 Å². The lowest BCUT2D eigenvalue weighted by Gasteiger charge is -2.07. The van der Waals surface area contributed by atoms with Crippen LogP contribution in [0.1, 0.15) is 52.7 Å². The summed E-state index contributed by atoms with van der Waals surface area (Å²) >= 11 is 1.62. The lowest BCUT2D eigenvalue weighted by atomic mass is 10.00. The number of rotatable bonds is 3. The fourth-order valence-corrected chi connectivity index (χ4v) is 3.45. The molecule has 0 fully saturated rings. The number of hydrogen-bond acceptors (Lipinski definition) is 3. The largest absolute Gasteiger partial charge is 0.392 e. The number of aliphatic hydroxyl groups is 1.